The van der Waals surface area contributed by atoms with E-state index >= 15 is 0 Å². The minimum absolute atomic E-state index is 0.0517. The van der Waals surface area contributed by atoms with Gasteiger partial charge in [0.2, 0.25) is 0 Å². The summed E-state index contributed by atoms with van der Waals surface area (Å²) in [4.78, 5) is 57.8. The molecule has 366 valence electrons. The Bertz CT molecular complexity index is 2280. The summed E-state index contributed by atoms with van der Waals surface area (Å²) in [6, 6.07) is 7.23. The molecule has 0 spiro atoms. The van der Waals surface area contributed by atoms with Crippen LogP contribution in [0.3, 0.4) is 0 Å². The normalized spacial score (nSPS) is 18.2. The Morgan fingerprint density at radius 3 is 1.63 bits per heavy atom. The van der Waals surface area contributed by atoms with Crippen LogP contribution in [0.4, 0.5) is 11.6 Å². The van der Waals surface area contributed by atoms with Crippen molar-refractivity contribution in [3.05, 3.63) is 59.2 Å². The van der Waals surface area contributed by atoms with Crippen LogP contribution in [-0.2, 0) is 54.2 Å². The van der Waals surface area contributed by atoms with E-state index in [0.717, 1.165) is 151 Å². The molecule has 1 atom stereocenters. The number of nitrogens with zero attached hydrogens (tertiary/aromatic N) is 8. The summed E-state index contributed by atoms with van der Waals surface area (Å²) in [6.45, 7) is 5.54. The van der Waals surface area contributed by atoms with Crippen LogP contribution in [0.15, 0.2) is 36.7 Å². The van der Waals surface area contributed by atoms with Crippen LogP contribution in [0.2, 0.25) is 0 Å². The SMILES string of the molecule is CN(CC(=O)CC1CCOCC1)c1nc(-c2cc(OCCO)ccn2)nc2c1CCC2.CN(CC(=O)CC1CCOCC1)c1nc(-c2cc(OCCOC3CCCCO3)ccn2)nc2c1CCC2. The van der Waals surface area contributed by atoms with Crippen molar-refractivity contribution in [1.29, 1.82) is 0 Å². The van der Waals surface area contributed by atoms with Gasteiger partial charge in [0.25, 0.3) is 0 Å². The van der Waals surface area contributed by atoms with Gasteiger partial charge in [0, 0.05) is 107 Å². The van der Waals surface area contributed by atoms with E-state index in [0.29, 0.717) is 85.5 Å². The second-order valence-corrected chi connectivity index (χ2v) is 18.4. The summed E-state index contributed by atoms with van der Waals surface area (Å²) in [5.41, 5.74) is 5.66. The third-order valence-corrected chi connectivity index (χ3v) is 13.2. The maximum Gasteiger partial charge on any atom is 0.180 e. The molecule has 0 saturated carbocycles. The molecule has 4 aromatic rings. The third-order valence-electron chi connectivity index (χ3n) is 13.2. The number of pyridine rings is 2. The highest BCUT2D eigenvalue weighted by atomic mass is 16.7. The van der Waals surface area contributed by atoms with Crippen molar-refractivity contribution in [3.63, 3.8) is 0 Å². The van der Waals surface area contributed by atoms with E-state index in [-0.39, 0.29) is 31.1 Å². The summed E-state index contributed by atoms with van der Waals surface area (Å²) in [7, 11) is 3.89. The molecule has 1 unspecified atom stereocenters. The topological polar surface area (TPSA) is 194 Å². The van der Waals surface area contributed by atoms with Gasteiger partial charge in [-0.05, 0) is 107 Å². The average molecular weight is 937 g/mol. The molecule has 0 bridgehead atoms. The van der Waals surface area contributed by atoms with Gasteiger partial charge in [0.1, 0.15) is 47.7 Å². The molecule has 17 nitrogen and oxygen atoms in total. The van der Waals surface area contributed by atoms with Gasteiger partial charge in [0.15, 0.2) is 29.5 Å². The fourth-order valence-corrected chi connectivity index (χ4v) is 9.63. The number of hydrogen-bond donors (Lipinski definition) is 1. The Labute approximate surface area is 399 Å². The van der Waals surface area contributed by atoms with Gasteiger partial charge in [-0.1, -0.05) is 0 Å². The first-order chi connectivity index (χ1) is 33.3. The Balaban J connectivity index is 0.000000187. The van der Waals surface area contributed by atoms with Gasteiger partial charge in [-0.3, -0.25) is 19.6 Å². The number of rotatable bonds is 20. The number of hydrogen-bond acceptors (Lipinski definition) is 17. The Morgan fingerprint density at radius 2 is 1.15 bits per heavy atom. The number of Topliss-reactive ketones (excluding diaryl/α,β-unsaturated/α-hetero) is 2. The molecule has 7 heterocycles. The van der Waals surface area contributed by atoms with E-state index in [2.05, 4.69) is 9.97 Å². The third kappa shape index (κ3) is 13.7. The number of aromatic nitrogens is 6. The van der Waals surface area contributed by atoms with Crippen molar-refractivity contribution in [2.75, 3.05) is 96.4 Å². The first kappa shape index (κ1) is 49.2. The quantitative estimate of drug-likeness (QED) is 0.101. The van der Waals surface area contributed by atoms with Gasteiger partial charge in [-0.25, -0.2) is 19.9 Å². The van der Waals surface area contributed by atoms with Crippen LogP contribution in [0.1, 0.15) is 93.1 Å². The zero-order valence-corrected chi connectivity index (χ0v) is 39.9. The standard InChI is InChI=1S/C28H38N4O5.C23H30N4O4/c1-32(19-21(33)17-20-9-13-34-14-10-20)28-23-5-4-6-24(23)30-27(31-28)25-18-22(8-11-29-25)35-15-16-37-26-7-2-3-12-36-26;1-27(15-17(29)13-16-6-10-30-11-7-16)23-19-3-2-4-20(19)25-22(26-23)21-14-18(5-8-24-21)31-12-9-28/h8,11,18,20,26H,2-7,9-10,12-17,19H2,1H3;5,8,14,16,28H,2-4,6-7,9-13,15H2,1H3. The van der Waals surface area contributed by atoms with E-state index in [1.807, 2.05) is 36.0 Å². The maximum atomic E-state index is 12.8. The predicted octanol–water partition coefficient (Wildman–Crippen LogP) is 5.99. The summed E-state index contributed by atoms with van der Waals surface area (Å²) in [6.07, 6.45) is 17.2. The number of aliphatic hydroxyl groups excluding tert-OH is 1. The molecule has 0 amide bonds. The highest BCUT2D eigenvalue weighted by Crippen LogP contribution is 2.33. The molecule has 4 aromatic heterocycles. The first-order valence-electron chi connectivity index (χ1n) is 24.7. The van der Waals surface area contributed by atoms with Crippen LogP contribution >= 0.6 is 0 Å². The second kappa shape index (κ2) is 24.9. The van der Waals surface area contributed by atoms with Crippen LogP contribution in [0.5, 0.6) is 11.5 Å². The molecule has 0 aromatic carbocycles. The molecule has 3 aliphatic heterocycles. The van der Waals surface area contributed by atoms with E-state index in [1.54, 1.807) is 24.5 Å². The molecule has 3 fully saturated rings. The monoisotopic (exact) mass is 937 g/mol. The number of anilines is 2. The molecular weight excluding hydrogens is 869 g/mol. The minimum atomic E-state index is -0.121. The highest BCUT2D eigenvalue weighted by molar-refractivity contribution is 5.84. The lowest BCUT2D eigenvalue weighted by atomic mass is 9.94. The number of likely N-dealkylation sites (N-methyl/N-ethyl adjacent to an activating group) is 2. The lowest BCUT2D eigenvalue weighted by Gasteiger charge is -2.24. The number of carbonyl (C=O) groups is 2. The molecule has 68 heavy (non-hydrogen) atoms. The van der Waals surface area contributed by atoms with E-state index in [4.69, 9.17) is 53.5 Å². The fourth-order valence-electron chi connectivity index (χ4n) is 9.63. The van der Waals surface area contributed by atoms with Crippen molar-refractivity contribution in [2.24, 2.45) is 11.8 Å². The largest absolute Gasteiger partial charge is 0.491 e. The lowest BCUT2D eigenvalue weighted by Crippen LogP contribution is -2.30. The Kier molecular flexibility index (Phi) is 18.0. The van der Waals surface area contributed by atoms with Crippen molar-refractivity contribution in [1.82, 2.24) is 29.9 Å². The lowest BCUT2D eigenvalue weighted by molar-refractivity contribution is -0.165. The second-order valence-electron chi connectivity index (χ2n) is 18.4. The first-order valence-corrected chi connectivity index (χ1v) is 24.7. The van der Waals surface area contributed by atoms with Crippen molar-refractivity contribution in [2.45, 2.75) is 103 Å². The summed E-state index contributed by atoms with van der Waals surface area (Å²) in [5.74, 6) is 5.41. The number of ether oxygens (including phenoxy) is 6. The van der Waals surface area contributed by atoms with E-state index < -0.39 is 0 Å². The van der Waals surface area contributed by atoms with E-state index in [9.17, 15) is 9.59 Å². The molecule has 17 heteroatoms. The fraction of sp³-hybridized carbons (Fsp3) is 0.608. The van der Waals surface area contributed by atoms with Gasteiger partial charge in [0.05, 0.1) is 26.3 Å². The van der Waals surface area contributed by atoms with Gasteiger partial charge >= 0.3 is 0 Å². The summed E-state index contributed by atoms with van der Waals surface area (Å²) >= 11 is 0. The van der Waals surface area contributed by atoms with Crippen LogP contribution in [-0.4, -0.2) is 140 Å². The molecule has 1 N–H and O–H groups in total. The maximum absolute atomic E-state index is 12.8. The zero-order valence-electron chi connectivity index (χ0n) is 39.9. The van der Waals surface area contributed by atoms with Gasteiger partial charge in [-0.2, -0.15) is 0 Å². The molecule has 0 radical (unpaired) electrons. The Hall–Kier alpha value is -5.20. The number of aryl methyl sites for hydroxylation is 2. The summed E-state index contributed by atoms with van der Waals surface area (Å²) < 4.78 is 33.6. The van der Waals surface area contributed by atoms with E-state index in [1.165, 1.54) is 0 Å². The van der Waals surface area contributed by atoms with Crippen LogP contribution < -0.4 is 19.3 Å². The van der Waals surface area contributed by atoms with Gasteiger partial charge in [-0.15, -0.1) is 0 Å². The van der Waals surface area contributed by atoms with Crippen molar-refractivity contribution < 1.29 is 43.1 Å². The average Bonchev–Trinajstić information content (AvgIpc) is 4.06. The molecule has 3 saturated heterocycles. The number of aliphatic hydroxyl groups is 1. The predicted molar refractivity (Wildman–Crippen MR) is 255 cm³/mol. The van der Waals surface area contributed by atoms with Crippen molar-refractivity contribution >= 4 is 23.2 Å². The number of ketones is 2. The molecule has 9 rings (SSSR count). The molecule has 2 aliphatic carbocycles. The summed E-state index contributed by atoms with van der Waals surface area (Å²) in [5, 5.41) is 8.99. The van der Waals surface area contributed by atoms with Gasteiger partial charge < -0.3 is 43.3 Å². The Morgan fingerprint density at radius 1 is 0.632 bits per heavy atom. The smallest absolute Gasteiger partial charge is 0.180 e. The highest BCUT2D eigenvalue weighted by Gasteiger charge is 2.27. The zero-order chi connectivity index (χ0) is 47.1. The van der Waals surface area contributed by atoms with Crippen LogP contribution in [0.25, 0.3) is 23.0 Å². The number of fused-ring (bicyclic) bond motifs is 2. The minimum Gasteiger partial charge on any atom is -0.491 e. The molecule has 5 aliphatic rings. The number of carbonyl (C=O) groups excluding carboxylic acids is 2. The van der Waals surface area contributed by atoms with Crippen LogP contribution in [0, 0.1) is 11.8 Å². The molecular formula is C51H68N8O9. The van der Waals surface area contributed by atoms with Crippen molar-refractivity contribution in [3.8, 4) is 34.5 Å².